The summed E-state index contributed by atoms with van der Waals surface area (Å²) in [6.45, 7) is -0.0487. The summed E-state index contributed by atoms with van der Waals surface area (Å²) in [5, 5.41) is 5.34. The van der Waals surface area contributed by atoms with Crippen molar-refractivity contribution in [3.63, 3.8) is 0 Å². The number of carbonyl (C=O) groups excluding carboxylic acids is 3. The molecule has 6 nitrogen and oxygen atoms in total. The van der Waals surface area contributed by atoms with E-state index < -0.39 is 5.91 Å². The van der Waals surface area contributed by atoms with E-state index in [0.29, 0.717) is 11.3 Å². The highest BCUT2D eigenvalue weighted by molar-refractivity contribution is 5.96. The molecule has 0 aliphatic heterocycles. The Kier molecular flexibility index (Phi) is 5.52. The summed E-state index contributed by atoms with van der Waals surface area (Å²) in [5.41, 5.74) is 6.08. The summed E-state index contributed by atoms with van der Waals surface area (Å²) < 4.78 is 0. The molecule has 22 heavy (non-hydrogen) atoms. The number of amides is 3. The number of rotatable bonds is 5. The van der Waals surface area contributed by atoms with Gasteiger partial charge in [-0.2, -0.15) is 0 Å². The van der Waals surface area contributed by atoms with Crippen LogP contribution >= 0.6 is 0 Å². The van der Waals surface area contributed by atoms with Crippen molar-refractivity contribution in [2.24, 2.45) is 11.7 Å². The van der Waals surface area contributed by atoms with Gasteiger partial charge < -0.3 is 16.4 Å². The van der Waals surface area contributed by atoms with Crippen molar-refractivity contribution in [3.8, 4) is 0 Å². The van der Waals surface area contributed by atoms with Crippen molar-refractivity contribution >= 4 is 23.4 Å². The fourth-order valence-electron chi connectivity index (χ4n) is 2.60. The fourth-order valence-corrected chi connectivity index (χ4v) is 2.60. The SMILES string of the molecule is NC(=O)c1ccc(NC(=O)CNC(=O)C2CCCCC2)cc1. The van der Waals surface area contributed by atoms with E-state index in [1.54, 1.807) is 24.3 Å². The summed E-state index contributed by atoms with van der Waals surface area (Å²) in [6.07, 6.45) is 5.16. The lowest BCUT2D eigenvalue weighted by Gasteiger charge is -2.20. The maximum atomic E-state index is 11.9. The maximum absolute atomic E-state index is 11.9. The number of nitrogens with one attached hydrogen (secondary N) is 2. The molecule has 0 radical (unpaired) electrons. The predicted molar refractivity (Wildman–Crippen MR) is 83.2 cm³/mol. The van der Waals surface area contributed by atoms with E-state index in [4.69, 9.17) is 5.73 Å². The minimum absolute atomic E-state index is 0.0383. The Hall–Kier alpha value is -2.37. The molecule has 1 aliphatic carbocycles. The topological polar surface area (TPSA) is 101 Å². The predicted octanol–water partition coefficient (Wildman–Crippen LogP) is 1.42. The van der Waals surface area contributed by atoms with Crippen LogP contribution in [0.5, 0.6) is 0 Å². The van der Waals surface area contributed by atoms with Gasteiger partial charge in [-0.25, -0.2) is 0 Å². The van der Waals surface area contributed by atoms with Gasteiger partial charge in [0, 0.05) is 17.2 Å². The lowest BCUT2D eigenvalue weighted by molar-refractivity contribution is -0.128. The Balaban J connectivity index is 1.77. The third kappa shape index (κ3) is 4.58. The maximum Gasteiger partial charge on any atom is 0.248 e. The summed E-state index contributed by atoms with van der Waals surface area (Å²) in [5.74, 6) is -0.816. The van der Waals surface area contributed by atoms with E-state index in [-0.39, 0.29) is 24.3 Å². The number of hydrogen-bond acceptors (Lipinski definition) is 3. The van der Waals surface area contributed by atoms with Gasteiger partial charge in [0.15, 0.2) is 0 Å². The molecular formula is C16H21N3O3. The van der Waals surface area contributed by atoms with E-state index in [1.807, 2.05) is 0 Å². The lowest BCUT2D eigenvalue weighted by atomic mass is 9.89. The minimum Gasteiger partial charge on any atom is -0.366 e. The van der Waals surface area contributed by atoms with Gasteiger partial charge in [0.2, 0.25) is 17.7 Å². The average Bonchev–Trinajstić information content (AvgIpc) is 2.54. The van der Waals surface area contributed by atoms with E-state index in [2.05, 4.69) is 10.6 Å². The number of hydrogen-bond donors (Lipinski definition) is 3. The number of anilines is 1. The second kappa shape index (κ2) is 7.59. The molecule has 6 heteroatoms. The van der Waals surface area contributed by atoms with Gasteiger partial charge in [-0.1, -0.05) is 19.3 Å². The van der Waals surface area contributed by atoms with Gasteiger partial charge >= 0.3 is 0 Å². The highest BCUT2D eigenvalue weighted by Crippen LogP contribution is 2.23. The molecule has 0 heterocycles. The van der Waals surface area contributed by atoms with Crippen LogP contribution in [0, 0.1) is 5.92 Å². The summed E-state index contributed by atoms with van der Waals surface area (Å²) in [4.78, 5) is 34.7. The van der Waals surface area contributed by atoms with E-state index in [0.717, 1.165) is 25.7 Å². The van der Waals surface area contributed by atoms with Gasteiger partial charge in [0.25, 0.3) is 0 Å². The van der Waals surface area contributed by atoms with Gasteiger partial charge in [0.05, 0.1) is 6.54 Å². The molecule has 0 spiro atoms. The first-order valence-corrected chi connectivity index (χ1v) is 7.53. The molecule has 0 bridgehead atoms. The van der Waals surface area contributed by atoms with Crippen molar-refractivity contribution < 1.29 is 14.4 Å². The molecule has 1 aliphatic rings. The molecule has 1 aromatic carbocycles. The van der Waals surface area contributed by atoms with Gasteiger partial charge in [0.1, 0.15) is 0 Å². The minimum atomic E-state index is -0.516. The first-order chi connectivity index (χ1) is 10.6. The van der Waals surface area contributed by atoms with Gasteiger partial charge in [-0.15, -0.1) is 0 Å². The van der Waals surface area contributed by atoms with Crippen molar-refractivity contribution in [1.82, 2.24) is 5.32 Å². The molecule has 0 saturated heterocycles. The number of benzene rings is 1. The smallest absolute Gasteiger partial charge is 0.248 e. The van der Waals surface area contributed by atoms with Crippen LogP contribution in [0.15, 0.2) is 24.3 Å². The molecule has 3 amide bonds. The Morgan fingerprint density at radius 3 is 2.27 bits per heavy atom. The fraction of sp³-hybridized carbons (Fsp3) is 0.438. The molecule has 4 N–H and O–H groups in total. The number of carbonyl (C=O) groups is 3. The molecule has 2 rings (SSSR count). The van der Waals surface area contributed by atoms with Crippen LogP contribution < -0.4 is 16.4 Å². The zero-order chi connectivity index (χ0) is 15.9. The van der Waals surface area contributed by atoms with Crippen molar-refractivity contribution in [2.45, 2.75) is 32.1 Å². The quantitative estimate of drug-likeness (QED) is 0.766. The first-order valence-electron chi connectivity index (χ1n) is 7.53. The first kappa shape index (κ1) is 16.0. The van der Waals surface area contributed by atoms with Crippen LogP contribution in [0.25, 0.3) is 0 Å². The monoisotopic (exact) mass is 303 g/mol. The lowest BCUT2D eigenvalue weighted by Crippen LogP contribution is -2.37. The Bertz CT molecular complexity index is 548. The third-order valence-electron chi connectivity index (χ3n) is 3.85. The van der Waals surface area contributed by atoms with Crippen LogP contribution in [-0.4, -0.2) is 24.3 Å². The molecule has 0 unspecified atom stereocenters. The number of primary amides is 1. The molecule has 0 aromatic heterocycles. The van der Waals surface area contributed by atoms with Crippen molar-refractivity contribution in [2.75, 3.05) is 11.9 Å². The third-order valence-corrected chi connectivity index (χ3v) is 3.85. The zero-order valence-electron chi connectivity index (χ0n) is 12.4. The van der Waals surface area contributed by atoms with E-state index in [9.17, 15) is 14.4 Å². The van der Waals surface area contributed by atoms with E-state index >= 15 is 0 Å². The summed E-state index contributed by atoms with van der Waals surface area (Å²) in [6, 6.07) is 6.28. The molecule has 0 atom stereocenters. The Labute approximate surface area is 129 Å². The van der Waals surface area contributed by atoms with Crippen LogP contribution in [-0.2, 0) is 9.59 Å². The summed E-state index contributed by atoms with van der Waals surface area (Å²) in [7, 11) is 0. The standard InChI is InChI=1S/C16H21N3O3/c17-15(21)11-6-8-13(9-7-11)19-14(20)10-18-16(22)12-4-2-1-3-5-12/h6-9,12H,1-5,10H2,(H2,17,21)(H,18,22)(H,19,20). The molecule has 1 saturated carbocycles. The van der Waals surface area contributed by atoms with Crippen LogP contribution in [0.2, 0.25) is 0 Å². The second-order valence-electron chi connectivity index (χ2n) is 5.54. The summed E-state index contributed by atoms with van der Waals surface area (Å²) >= 11 is 0. The number of nitrogens with two attached hydrogens (primary N) is 1. The molecule has 1 fully saturated rings. The van der Waals surface area contributed by atoms with Gasteiger partial charge in [-0.3, -0.25) is 14.4 Å². The largest absolute Gasteiger partial charge is 0.366 e. The normalized spacial score (nSPS) is 15.1. The zero-order valence-corrected chi connectivity index (χ0v) is 12.4. The Morgan fingerprint density at radius 2 is 1.68 bits per heavy atom. The molecular weight excluding hydrogens is 282 g/mol. The highest BCUT2D eigenvalue weighted by atomic mass is 16.2. The van der Waals surface area contributed by atoms with E-state index in [1.165, 1.54) is 6.42 Å². The van der Waals surface area contributed by atoms with Crippen molar-refractivity contribution in [1.29, 1.82) is 0 Å². The van der Waals surface area contributed by atoms with Crippen LogP contribution in [0.3, 0.4) is 0 Å². The molecule has 118 valence electrons. The average molecular weight is 303 g/mol. The second-order valence-corrected chi connectivity index (χ2v) is 5.54. The van der Waals surface area contributed by atoms with Crippen LogP contribution in [0.4, 0.5) is 5.69 Å². The van der Waals surface area contributed by atoms with Crippen LogP contribution in [0.1, 0.15) is 42.5 Å². The van der Waals surface area contributed by atoms with Gasteiger partial charge in [-0.05, 0) is 37.1 Å². The molecule has 1 aromatic rings. The highest BCUT2D eigenvalue weighted by Gasteiger charge is 2.21. The van der Waals surface area contributed by atoms with Crippen molar-refractivity contribution in [3.05, 3.63) is 29.8 Å². The Morgan fingerprint density at radius 1 is 1.05 bits per heavy atom.